The van der Waals surface area contributed by atoms with Crippen molar-refractivity contribution in [3.63, 3.8) is 0 Å². The van der Waals surface area contributed by atoms with Crippen molar-refractivity contribution in [1.29, 1.82) is 0 Å². The fraction of sp³-hybridized carbons (Fsp3) is 0.750. The van der Waals surface area contributed by atoms with Gasteiger partial charge in [-0.2, -0.15) is 0 Å². The average molecular weight is 520 g/mol. The molecule has 3 aliphatic rings. The summed E-state index contributed by atoms with van der Waals surface area (Å²) in [6.45, 7) is 10.5. The van der Waals surface area contributed by atoms with Crippen LogP contribution in [0.5, 0.6) is 0 Å². The number of epoxide rings is 1. The first-order chi connectivity index (χ1) is 17.3. The van der Waals surface area contributed by atoms with Crippen LogP contribution in [0.25, 0.3) is 6.08 Å². The number of nitrogens with zero attached hydrogens (tertiary/aromatic N) is 1. The minimum absolute atomic E-state index is 0.0558. The van der Waals surface area contributed by atoms with E-state index in [1.807, 2.05) is 13.8 Å². The maximum Gasteiger partial charge on any atom is 0.309 e. The number of Topliss-reactive ketones (excluding diaryl/α,β-unsaturated/α-hetero) is 1. The summed E-state index contributed by atoms with van der Waals surface area (Å²) in [5, 5.41) is 31.2. The molecule has 0 aromatic carbocycles. The molecule has 4 unspecified atom stereocenters. The molecule has 1 aromatic rings. The van der Waals surface area contributed by atoms with E-state index >= 15 is 0 Å². The van der Waals surface area contributed by atoms with Gasteiger partial charge in [0.1, 0.15) is 30.5 Å². The van der Waals surface area contributed by atoms with Crippen molar-refractivity contribution in [2.75, 3.05) is 0 Å². The summed E-state index contributed by atoms with van der Waals surface area (Å²) in [5.74, 6) is -0.717. The molecule has 0 spiro atoms. The average Bonchev–Trinajstić information content (AvgIpc) is 3.68. The molecule has 37 heavy (non-hydrogen) atoms. The molecule has 2 saturated heterocycles. The zero-order valence-corrected chi connectivity index (χ0v) is 22.6. The van der Waals surface area contributed by atoms with Crippen LogP contribution >= 0.6 is 0 Å². The molecule has 1 saturated carbocycles. The maximum atomic E-state index is 13.3. The lowest BCUT2D eigenvalue weighted by Gasteiger charge is -2.34. The normalized spacial score (nSPS) is 40.9. The highest BCUT2D eigenvalue weighted by Gasteiger charge is 2.58. The van der Waals surface area contributed by atoms with E-state index in [9.17, 15) is 24.9 Å². The van der Waals surface area contributed by atoms with Crippen LogP contribution < -0.4 is 0 Å². The number of ether oxygens (including phenoxy) is 2. The number of hydrogen-bond donors (Lipinski definition) is 3. The van der Waals surface area contributed by atoms with Crippen molar-refractivity contribution in [3.05, 3.63) is 23.4 Å². The monoisotopic (exact) mass is 519 g/mol. The lowest BCUT2D eigenvalue weighted by molar-refractivity contribution is -0.154. The smallest absolute Gasteiger partial charge is 0.309 e. The van der Waals surface area contributed by atoms with Crippen LogP contribution in [0.3, 0.4) is 0 Å². The van der Waals surface area contributed by atoms with Gasteiger partial charge in [0.05, 0.1) is 35.7 Å². The number of cyclic esters (lactones) is 1. The molecule has 3 heterocycles. The van der Waals surface area contributed by atoms with Crippen molar-refractivity contribution < 1.29 is 38.8 Å². The van der Waals surface area contributed by atoms with Gasteiger partial charge in [0, 0.05) is 12.3 Å². The summed E-state index contributed by atoms with van der Waals surface area (Å²) in [5.41, 5.74) is -0.352. The fourth-order valence-corrected chi connectivity index (χ4v) is 5.98. The number of aliphatic hydroxyl groups excluding tert-OH is 3. The summed E-state index contributed by atoms with van der Waals surface area (Å²) in [7, 11) is 0. The number of hydrogen-bond acceptors (Lipinski definition) is 9. The Morgan fingerprint density at radius 2 is 1.89 bits per heavy atom. The predicted molar refractivity (Wildman–Crippen MR) is 134 cm³/mol. The molecule has 9 atom stereocenters. The second-order valence-corrected chi connectivity index (χ2v) is 12.2. The highest BCUT2D eigenvalue weighted by atomic mass is 16.6. The summed E-state index contributed by atoms with van der Waals surface area (Å²) in [6.07, 6.45) is 2.26. The van der Waals surface area contributed by atoms with Crippen molar-refractivity contribution in [1.82, 2.24) is 4.98 Å². The number of oxazole rings is 1. The van der Waals surface area contributed by atoms with Crippen LogP contribution in [0.15, 0.2) is 16.3 Å². The first-order valence-corrected chi connectivity index (χ1v) is 13.3. The number of fused-ring (bicyclic) bond motifs is 2. The van der Waals surface area contributed by atoms with Crippen LogP contribution in [0.2, 0.25) is 0 Å². The number of rotatable bonds is 3. The molecule has 3 N–H and O–H groups in total. The van der Waals surface area contributed by atoms with Crippen molar-refractivity contribution in [2.24, 2.45) is 29.1 Å². The third kappa shape index (κ3) is 5.85. The number of aromatic nitrogens is 1. The van der Waals surface area contributed by atoms with E-state index in [1.54, 1.807) is 26.8 Å². The second kappa shape index (κ2) is 10.2. The number of carbonyl (C=O) groups excluding carboxylic acids is 2. The Balaban J connectivity index is 1.59. The molecule has 2 aliphatic heterocycles. The van der Waals surface area contributed by atoms with Gasteiger partial charge in [0.2, 0.25) is 5.89 Å². The van der Waals surface area contributed by atoms with Crippen LogP contribution in [-0.4, -0.2) is 62.1 Å². The molecule has 0 bridgehead atoms. The Hall–Kier alpha value is -2.07. The maximum absolute atomic E-state index is 13.3. The first-order valence-electron chi connectivity index (χ1n) is 13.3. The van der Waals surface area contributed by atoms with E-state index < -0.39 is 35.6 Å². The molecule has 206 valence electrons. The number of aliphatic hydroxyl groups is 3. The van der Waals surface area contributed by atoms with Gasteiger partial charge in [-0.25, -0.2) is 4.98 Å². The zero-order valence-electron chi connectivity index (χ0n) is 22.6. The fourth-order valence-electron chi connectivity index (χ4n) is 5.98. The van der Waals surface area contributed by atoms with Crippen LogP contribution in [0.4, 0.5) is 0 Å². The van der Waals surface area contributed by atoms with Gasteiger partial charge in [-0.3, -0.25) is 9.59 Å². The van der Waals surface area contributed by atoms with Gasteiger partial charge in [-0.05, 0) is 56.1 Å². The second-order valence-electron chi connectivity index (χ2n) is 12.2. The third-order valence-electron chi connectivity index (χ3n) is 8.94. The molecule has 1 aliphatic carbocycles. The van der Waals surface area contributed by atoms with Crippen molar-refractivity contribution >= 4 is 17.8 Å². The van der Waals surface area contributed by atoms with Crippen LogP contribution in [0.1, 0.15) is 78.8 Å². The van der Waals surface area contributed by atoms with Gasteiger partial charge in [-0.1, -0.05) is 27.7 Å². The van der Waals surface area contributed by atoms with E-state index in [0.717, 1.165) is 18.4 Å². The molecule has 0 radical (unpaired) electrons. The Morgan fingerprint density at radius 1 is 1.19 bits per heavy atom. The zero-order chi connectivity index (χ0) is 27.3. The third-order valence-corrected chi connectivity index (χ3v) is 8.94. The minimum atomic E-state index is -1.27. The molecular weight excluding hydrogens is 478 g/mol. The Bertz CT molecular complexity index is 1050. The Morgan fingerprint density at radius 3 is 2.54 bits per heavy atom. The quantitative estimate of drug-likeness (QED) is 0.405. The van der Waals surface area contributed by atoms with Crippen molar-refractivity contribution in [3.8, 4) is 0 Å². The summed E-state index contributed by atoms with van der Waals surface area (Å²) in [6, 6.07) is 0. The lowest BCUT2D eigenvalue weighted by atomic mass is 9.72. The van der Waals surface area contributed by atoms with Gasteiger partial charge < -0.3 is 29.2 Å². The number of esters is 1. The summed E-state index contributed by atoms with van der Waals surface area (Å²) in [4.78, 5) is 30.5. The minimum Gasteiger partial charge on any atom is -0.458 e. The van der Waals surface area contributed by atoms with Crippen LogP contribution in [0, 0.1) is 29.1 Å². The van der Waals surface area contributed by atoms with E-state index in [-0.39, 0.29) is 42.3 Å². The standard InChI is InChI=1S/C28H41NO8/c1-14(7-18-13-35-23(12-30)29-18)20-9-22-28(6,37-22)11-17-8-19(17)15(2)25(33)16(3)26(34)27(4,5)21(31)10-24(32)36-20/h7,13,15-17,19-22,25,30-31,33H,8-12H2,1-6H3/t15-,16+,17?,19?,20-,21-,22?,25-,28?/m0/s1. The van der Waals surface area contributed by atoms with E-state index in [2.05, 4.69) is 11.9 Å². The molecule has 1 aromatic heterocycles. The van der Waals surface area contributed by atoms with E-state index in [0.29, 0.717) is 24.0 Å². The largest absolute Gasteiger partial charge is 0.458 e. The van der Waals surface area contributed by atoms with Gasteiger partial charge >= 0.3 is 5.97 Å². The molecule has 4 rings (SSSR count). The first kappa shape index (κ1) is 28.0. The van der Waals surface area contributed by atoms with Crippen molar-refractivity contribution in [2.45, 2.75) is 104 Å². The molecule has 3 fully saturated rings. The molecule has 0 amide bonds. The molecule has 9 nitrogen and oxygen atoms in total. The topological polar surface area (TPSA) is 143 Å². The number of carbonyl (C=O) groups is 2. The number of ketones is 1. The summed E-state index contributed by atoms with van der Waals surface area (Å²) >= 11 is 0. The van der Waals surface area contributed by atoms with Gasteiger partial charge in [0.25, 0.3) is 0 Å². The van der Waals surface area contributed by atoms with Gasteiger partial charge in [0.15, 0.2) is 0 Å². The highest BCUT2D eigenvalue weighted by molar-refractivity contribution is 5.88. The lowest BCUT2D eigenvalue weighted by Crippen LogP contribution is -2.46. The molecular formula is C28H41NO8. The molecule has 9 heteroatoms. The van der Waals surface area contributed by atoms with Crippen LogP contribution in [-0.2, 0) is 25.7 Å². The van der Waals surface area contributed by atoms with E-state index in [4.69, 9.17) is 13.9 Å². The predicted octanol–water partition coefficient (Wildman–Crippen LogP) is 3.05. The highest BCUT2D eigenvalue weighted by Crippen LogP contribution is 2.56. The van der Waals surface area contributed by atoms with E-state index in [1.165, 1.54) is 6.26 Å². The Labute approximate surface area is 218 Å². The SMILES string of the molecule is CC(=Cc1coc(CO)n1)[C@@H]1CC2OC2(C)CC2CC2[C@H](C)[C@H](O)[C@@H](C)C(=O)C(C)(C)[C@@H](O)CC(=O)O1. The van der Waals surface area contributed by atoms with Gasteiger partial charge in [-0.15, -0.1) is 0 Å². The summed E-state index contributed by atoms with van der Waals surface area (Å²) < 4.78 is 17.2. The Kier molecular flexibility index (Phi) is 7.74.